The highest BCUT2D eigenvalue weighted by atomic mass is 32.2. The van der Waals surface area contributed by atoms with Gasteiger partial charge < -0.3 is 48.3 Å². The van der Waals surface area contributed by atoms with E-state index in [0.717, 1.165) is 11.8 Å². The number of carbonyl (C=O) groups excluding carboxylic acids is 5. The molecule has 41 heavy (non-hydrogen) atoms. The van der Waals surface area contributed by atoms with Crippen molar-refractivity contribution in [1.82, 2.24) is 26.6 Å². The Morgan fingerprint density at radius 3 is 2.15 bits per heavy atom. The SMILES string of the molecule is CC(C)C[C@H]1NC(=O)CSC[C@@H](C(=O)O)NC(=O)[C@H](CC(=O)O)NC(=O)CNC(=O)[C@H](CCCN=C(N)N)NC1=O. The van der Waals surface area contributed by atoms with Crippen LogP contribution in [0.3, 0.4) is 0 Å². The second-order valence-electron chi connectivity index (χ2n) is 9.61. The maximum atomic E-state index is 13.1. The van der Waals surface area contributed by atoms with Gasteiger partial charge >= 0.3 is 11.9 Å². The van der Waals surface area contributed by atoms with Crippen molar-refractivity contribution < 1.29 is 43.8 Å². The number of hydrogen-bond donors (Lipinski definition) is 9. The van der Waals surface area contributed by atoms with Gasteiger partial charge in [-0.05, 0) is 25.2 Å². The molecule has 1 saturated heterocycles. The lowest BCUT2D eigenvalue weighted by molar-refractivity contribution is -0.143. The van der Waals surface area contributed by atoms with Gasteiger partial charge in [0, 0.05) is 12.3 Å². The van der Waals surface area contributed by atoms with E-state index in [1.54, 1.807) is 0 Å². The molecule has 1 aliphatic heterocycles. The van der Waals surface area contributed by atoms with Gasteiger partial charge in [0.2, 0.25) is 29.5 Å². The largest absolute Gasteiger partial charge is 0.481 e. The molecule has 0 unspecified atom stereocenters. The number of aliphatic imine (C=N–C) groups is 1. The zero-order valence-corrected chi connectivity index (χ0v) is 23.6. The number of nitrogens with zero attached hydrogens (tertiary/aromatic N) is 1. The van der Waals surface area contributed by atoms with Crippen molar-refractivity contribution in [1.29, 1.82) is 0 Å². The minimum atomic E-state index is -1.65. The minimum Gasteiger partial charge on any atom is -0.481 e. The number of guanidine groups is 1. The molecule has 1 fully saturated rings. The number of thioether (sulfide) groups is 1. The summed E-state index contributed by atoms with van der Waals surface area (Å²) in [6.07, 6.45) is -0.305. The summed E-state index contributed by atoms with van der Waals surface area (Å²) in [4.78, 5) is 90.6. The number of carboxylic acids is 2. The smallest absolute Gasteiger partial charge is 0.327 e. The fraction of sp³-hybridized carbons (Fsp3) is 0.652. The van der Waals surface area contributed by atoms with E-state index in [-0.39, 0.29) is 49.2 Å². The molecule has 230 valence electrons. The molecule has 0 radical (unpaired) electrons. The van der Waals surface area contributed by atoms with Gasteiger partial charge in [-0.1, -0.05) is 13.8 Å². The second kappa shape index (κ2) is 17.6. The first-order valence-corrected chi connectivity index (χ1v) is 13.9. The summed E-state index contributed by atoms with van der Waals surface area (Å²) in [7, 11) is 0. The van der Waals surface area contributed by atoms with Crippen molar-refractivity contribution in [2.24, 2.45) is 22.4 Å². The molecule has 17 nitrogen and oxygen atoms in total. The summed E-state index contributed by atoms with van der Waals surface area (Å²) in [5.74, 6) is -7.63. The van der Waals surface area contributed by atoms with Gasteiger partial charge in [0.05, 0.1) is 18.7 Å². The summed E-state index contributed by atoms with van der Waals surface area (Å²) in [5.41, 5.74) is 10.6. The Bertz CT molecular complexity index is 1020. The fourth-order valence-electron chi connectivity index (χ4n) is 3.62. The van der Waals surface area contributed by atoms with Gasteiger partial charge in [-0.2, -0.15) is 0 Å². The number of aliphatic carboxylic acids is 2. The summed E-state index contributed by atoms with van der Waals surface area (Å²) >= 11 is 0.858. The lowest BCUT2D eigenvalue weighted by Crippen LogP contribution is -2.57. The lowest BCUT2D eigenvalue weighted by atomic mass is 10.0. The van der Waals surface area contributed by atoms with Crippen LogP contribution in [0.2, 0.25) is 0 Å². The Morgan fingerprint density at radius 1 is 0.927 bits per heavy atom. The molecule has 0 spiro atoms. The van der Waals surface area contributed by atoms with Crippen LogP contribution in [0.1, 0.15) is 39.5 Å². The van der Waals surface area contributed by atoms with Crippen LogP contribution in [0.4, 0.5) is 0 Å². The number of carboxylic acid groups (broad SMARTS) is 2. The van der Waals surface area contributed by atoms with Crippen LogP contribution >= 0.6 is 11.8 Å². The third kappa shape index (κ3) is 14.2. The first-order chi connectivity index (χ1) is 19.2. The predicted molar refractivity (Wildman–Crippen MR) is 147 cm³/mol. The molecule has 5 amide bonds. The molecule has 11 N–H and O–H groups in total. The monoisotopic (exact) mass is 602 g/mol. The molecule has 0 aliphatic carbocycles. The van der Waals surface area contributed by atoms with Crippen LogP contribution in [-0.2, 0) is 33.6 Å². The number of hydrogen-bond acceptors (Lipinski definition) is 9. The predicted octanol–water partition coefficient (Wildman–Crippen LogP) is -3.55. The summed E-state index contributed by atoms with van der Waals surface area (Å²) in [6, 6.07) is -5.34. The molecule has 0 bridgehead atoms. The number of nitrogens with one attached hydrogen (secondary N) is 5. The Hall–Kier alpha value is -4.09. The first kappa shape index (κ1) is 34.9. The Balaban J connectivity index is 3.26. The third-order valence-electron chi connectivity index (χ3n) is 5.52. The fourth-order valence-corrected chi connectivity index (χ4v) is 4.47. The van der Waals surface area contributed by atoms with E-state index in [2.05, 4.69) is 31.6 Å². The number of carbonyl (C=O) groups is 7. The minimum absolute atomic E-state index is 0.0280. The maximum absolute atomic E-state index is 13.1. The molecule has 0 aromatic heterocycles. The number of amides is 5. The van der Waals surface area contributed by atoms with Crippen molar-refractivity contribution in [3.8, 4) is 0 Å². The maximum Gasteiger partial charge on any atom is 0.327 e. The standard InChI is InChI=1S/C23H38N8O9S/c1-11(2)6-13-20(37)30-12(4-3-5-26-23(24)25)19(36)27-8-16(32)28-14(7-18(34)35)21(38)31-15(22(39)40)9-41-10-17(33)29-13/h11-15H,3-10H2,1-2H3,(H,27,36)(H,28,32)(H,29,33)(H,30,37)(H,31,38)(H,34,35)(H,39,40)(H4,24,25,26)/t12-,13+,14-,15-/m0/s1. The summed E-state index contributed by atoms with van der Waals surface area (Å²) in [5, 5.41) is 30.4. The van der Waals surface area contributed by atoms with E-state index in [0.29, 0.717) is 0 Å². The van der Waals surface area contributed by atoms with Crippen LogP contribution in [0.5, 0.6) is 0 Å². The van der Waals surface area contributed by atoms with E-state index in [1.165, 1.54) is 0 Å². The van der Waals surface area contributed by atoms with Gasteiger partial charge in [0.1, 0.15) is 24.2 Å². The van der Waals surface area contributed by atoms with Crippen LogP contribution in [0.15, 0.2) is 4.99 Å². The molecular weight excluding hydrogens is 564 g/mol. The van der Waals surface area contributed by atoms with E-state index in [9.17, 15) is 38.7 Å². The average Bonchev–Trinajstić information content (AvgIpc) is 2.86. The van der Waals surface area contributed by atoms with Crippen LogP contribution < -0.4 is 38.1 Å². The number of nitrogens with two attached hydrogens (primary N) is 2. The van der Waals surface area contributed by atoms with Crippen molar-refractivity contribution in [2.45, 2.75) is 63.7 Å². The van der Waals surface area contributed by atoms with Gasteiger partial charge in [-0.15, -0.1) is 11.8 Å². The van der Waals surface area contributed by atoms with E-state index < -0.39 is 78.6 Å². The highest BCUT2D eigenvalue weighted by Crippen LogP contribution is 2.09. The highest BCUT2D eigenvalue weighted by Gasteiger charge is 2.31. The molecule has 1 heterocycles. The molecule has 4 atom stereocenters. The topological polar surface area (TPSA) is 284 Å². The first-order valence-electron chi connectivity index (χ1n) is 12.7. The van der Waals surface area contributed by atoms with E-state index >= 15 is 0 Å². The average molecular weight is 603 g/mol. The lowest BCUT2D eigenvalue weighted by Gasteiger charge is -2.25. The van der Waals surface area contributed by atoms with Crippen LogP contribution in [-0.4, -0.2) is 106 Å². The zero-order chi connectivity index (χ0) is 31.1. The normalized spacial score (nSPS) is 23.5. The summed E-state index contributed by atoms with van der Waals surface area (Å²) < 4.78 is 0. The van der Waals surface area contributed by atoms with Gasteiger partial charge in [-0.3, -0.25) is 33.8 Å². The van der Waals surface area contributed by atoms with Gasteiger partial charge in [-0.25, -0.2) is 4.79 Å². The van der Waals surface area contributed by atoms with Gasteiger partial charge in [0.25, 0.3) is 0 Å². The number of rotatable bonds is 9. The highest BCUT2D eigenvalue weighted by molar-refractivity contribution is 8.00. The van der Waals surface area contributed by atoms with Crippen molar-refractivity contribution >= 4 is 59.2 Å². The third-order valence-corrected chi connectivity index (χ3v) is 6.56. The second-order valence-corrected chi connectivity index (χ2v) is 10.6. The molecule has 0 aromatic carbocycles. The zero-order valence-electron chi connectivity index (χ0n) is 22.8. The Kier molecular flexibility index (Phi) is 15.0. The molecule has 18 heteroatoms. The van der Waals surface area contributed by atoms with Crippen LogP contribution in [0.25, 0.3) is 0 Å². The van der Waals surface area contributed by atoms with E-state index in [1.807, 2.05) is 13.8 Å². The molecular formula is C23H38N8O9S. The van der Waals surface area contributed by atoms with E-state index in [4.69, 9.17) is 16.6 Å². The van der Waals surface area contributed by atoms with Crippen molar-refractivity contribution in [3.63, 3.8) is 0 Å². The van der Waals surface area contributed by atoms with Crippen molar-refractivity contribution in [3.05, 3.63) is 0 Å². The molecule has 1 rings (SSSR count). The van der Waals surface area contributed by atoms with Crippen molar-refractivity contribution in [2.75, 3.05) is 24.6 Å². The Labute approximate surface area is 240 Å². The molecule has 0 aromatic rings. The summed E-state index contributed by atoms with van der Waals surface area (Å²) in [6.45, 7) is 3.12. The molecule has 0 saturated carbocycles. The quantitative estimate of drug-likeness (QED) is 0.0704. The molecule has 1 aliphatic rings. The Morgan fingerprint density at radius 2 is 1.56 bits per heavy atom. The van der Waals surface area contributed by atoms with Gasteiger partial charge in [0.15, 0.2) is 5.96 Å². The van der Waals surface area contributed by atoms with Crippen LogP contribution in [0, 0.1) is 5.92 Å².